The lowest BCUT2D eigenvalue weighted by atomic mass is 10.1. The number of nitrogens with zero attached hydrogens (tertiary/aromatic N) is 1. The maximum atomic E-state index is 10.0. The van der Waals surface area contributed by atoms with Crippen LogP contribution < -0.4 is 4.74 Å². The van der Waals surface area contributed by atoms with Crippen LogP contribution in [-0.4, -0.2) is 37.3 Å². The zero-order valence-corrected chi connectivity index (χ0v) is 10.7. The first-order chi connectivity index (χ1) is 7.56. The minimum atomic E-state index is -0.588. The Balaban J connectivity index is 2.97. The first kappa shape index (κ1) is 13.3. The molecule has 0 aliphatic carbocycles. The van der Waals surface area contributed by atoms with Gasteiger partial charge in [0.15, 0.2) is 0 Å². The summed E-state index contributed by atoms with van der Waals surface area (Å²) in [5.74, 6) is 0.584. The van der Waals surface area contributed by atoms with E-state index in [9.17, 15) is 5.11 Å². The second-order valence-electron chi connectivity index (χ2n) is 3.87. The summed E-state index contributed by atoms with van der Waals surface area (Å²) in [5, 5.41) is 10.6. The number of hydrogen-bond acceptors (Lipinski definition) is 3. The molecular weight excluding hydrogens is 226 g/mol. The third-order valence-corrected chi connectivity index (χ3v) is 2.48. The Kier molecular flexibility index (Phi) is 5.06. The molecule has 16 heavy (non-hydrogen) atoms. The molecule has 1 unspecified atom stereocenters. The molecule has 0 amide bonds. The van der Waals surface area contributed by atoms with Crippen LogP contribution in [-0.2, 0) is 0 Å². The lowest BCUT2D eigenvalue weighted by Crippen LogP contribution is -2.20. The molecule has 0 aliphatic rings. The van der Waals surface area contributed by atoms with Gasteiger partial charge in [0.2, 0.25) is 0 Å². The molecule has 0 fully saturated rings. The molecule has 1 aromatic carbocycles. The van der Waals surface area contributed by atoms with Crippen molar-refractivity contribution in [3.63, 3.8) is 0 Å². The summed E-state index contributed by atoms with van der Waals surface area (Å²) in [7, 11) is 3.82. The van der Waals surface area contributed by atoms with Gasteiger partial charge in [-0.2, -0.15) is 0 Å². The van der Waals surface area contributed by atoms with Crippen LogP contribution in [0.4, 0.5) is 0 Å². The molecule has 0 aliphatic heterocycles. The fraction of sp³-hybridized carbons (Fsp3) is 0.500. The van der Waals surface area contributed by atoms with Crippen LogP contribution in [0.25, 0.3) is 0 Å². The molecule has 0 saturated carbocycles. The second-order valence-corrected chi connectivity index (χ2v) is 4.28. The largest absolute Gasteiger partial charge is 0.492 e. The highest BCUT2D eigenvalue weighted by Gasteiger charge is 2.16. The Morgan fingerprint density at radius 2 is 2.12 bits per heavy atom. The number of para-hydroxylation sites is 1. The van der Waals surface area contributed by atoms with E-state index >= 15 is 0 Å². The molecule has 0 saturated heterocycles. The molecule has 1 rings (SSSR count). The van der Waals surface area contributed by atoms with Gasteiger partial charge in [-0.3, -0.25) is 0 Å². The average molecular weight is 244 g/mol. The molecule has 0 spiro atoms. The highest BCUT2D eigenvalue weighted by atomic mass is 35.5. The molecule has 1 aromatic rings. The van der Waals surface area contributed by atoms with Crippen LogP contribution in [0.5, 0.6) is 5.75 Å². The smallest absolute Gasteiger partial charge is 0.143 e. The van der Waals surface area contributed by atoms with Crippen LogP contribution in [0.2, 0.25) is 5.02 Å². The van der Waals surface area contributed by atoms with Crippen molar-refractivity contribution in [2.24, 2.45) is 0 Å². The van der Waals surface area contributed by atoms with E-state index in [0.717, 1.165) is 5.56 Å². The SMILES string of the molecule is CCOc1c(Cl)cccc1C(O)CN(C)C. The molecular formula is C12H18ClNO2. The molecule has 4 heteroatoms. The molecule has 0 radical (unpaired) electrons. The summed E-state index contributed by atoms with van der Waals surface area (Å²) in [6.07, 6.45) is -0.588. The highest BCUT2D eigenvalue weighted by molar-refractivity contribution is 6.32. The van der Waals surface area contributed by atoms with Gasteiger partial charge in [0, 0.05) is 12.1 Å². The fourth-order valence-corrected chi connectivity index (χ4v) is 1.77. The van der Waals surface area contributed by atoms with Crippen LogP contribution in [0.1, 0.15) is 18.6 Å². The minimum Gasteiger partial charge on any atom is -0.492 e. The Morgan fingerprint density at radius 3 is 2.69 bits per heavy atom. The van der Waals surface area contributed by atoms with E-state index in [0.29, 0.717) is 23.9 Å². The highest BCUT2D eigenvalue weighted by Crippen LogP contribution is 2.32. The Hall–Kier alpha value is -0.770. The number of ether oxygens (including phenoxy) is 1. The van der Waals surface area contributed by atoms with Crippen LogP contribution in [0.15, 0.2) is 18.2 Å². The maximum Gasteiger partial charge on any atom is 0.143 e. The first-order valence-corrected chi connectivity index (χ1v) is 5.68. The van der Waals surface area contributed by atoms with Gasteiger partial charge in [0.05, 0.1) is 17.7 Å². The minimum absolute atomic E-state index is 0.533. The van der Waals surface area contributed by atoms with E-state index in [2.05, 4.69) is 0 Å². The van der Waals surface area contributed by atoms with Crippen molar-refractivity contribution in [2.75, 3.05) is 27.2 Å². The van der Waals surface area contributed by atoms with Crippen molar-refractivity contribution in [1.29, 1.82) is 0 Å². The first-order valence-electron chi connectivity index (χ1n) is 5.30. The van der Waals surface area contributed by atoms with E-state index in [1.165, 1.54) is 0 Å². The summed E-state index contributed by atoms with van der Waals surface area (Å²) in [5.41, 5.74) is 0.739. The topological polar surface area (TPSA) is 32.7 Å². The second kappa shape index (κ2) is 6.09. The van der Waals surface area contributed by atoms with Gasteiger partial charge in [0.1, 0.15) is 5.75 Å². The zero-order chi connectivity index (χ0) is 12.1. The number of aliphatic hydroxyl groups excluding tert-OH is 1. The van der Waals surface area contributed by atoms with E-state index in [4.69, 9.17) is 16.3 Å². The van der Waals surface area contributed by atoms with Gasteiger partial charge in [-0.25, -0.2) is 0 Å². The molecule has 90 valence electrons. The Morgan fingerprint density at radius 1 is 1.44 bits per heavy atom. The number of likely N-dealkylation sites (N-methyl/N-ethyl adjacent to an activating group) is 1. The van der Waals surface area contributed by atoms with Gasteiger partial charge in [-0.05, 0) is 27.1 Å². The lowest BCUT2D eigenvalue weighted by molar-refractivity contribution is 0.134. The van der Waals surface area contributed by atoms with Crippen LogP contribution >= 0.6 is 11.6 Å². The average Bonchev–Trinajstić information content (AvgIpc) is 2.20. The van der Waals surface area contributed by atoms with E-state index in [-0.39, 0.29) is 0 Å². The van der Waals surface area contributed by atoms with Crippen molar-refractivity contribution in [3.8, 4) is 5.75 Å². The zero-order valence-electron chi connectivity index (χ0n) is 9.90. The number of halogens is 1. The van der Waals surface area contributed by atoms with Gasteiger partial charge < -0.3 is 14.7 Å². The van der Waals surface area contributed by atoms with Crippen molar-refractivity contribution in [2.45, 2.75) is 13.0 Å². The third kappa shape index (κ3) is 3.37. The van der Waals surface area contributed by atoms with Crippen molar-refractivity contribution in [1.82, 2.24) is 4.90 Å². The Labute approximate surface area is 102 Å². The number of benzene rings is 1. The number of rotatable bonds is 5. The molecule has 3 nitrogen and oxygen atoms in total. The lowest BCUT2D eigenvalue weighted by Gasteiger charge is -2.19. The van der Waals surface area contributed by atoms with Crippen LogP contribution in [0.3, 0.4) is 0 Å². The number of aliphatic hydroxyl groups is 1. The summed E-state index contributed by atoms with van der Waals surface area (Å²) in [6, 6.07) is 5.42. The quantitative estimate of drug-likeness (QED) is 0.862. The summed E-state index contributed by atoms with van der Waals surface area (Å²) < 4.78 is 5.46. The van der Waals surface area contributed by atoms with Crippen molar-refractivity contribution >= 4 is 11.6 Å². The van der Waals surface area contributed by atoms with Crippen molar-refractivity contribution < 1.29 is 9.84 Å². The van der Waals surface area contributed by atoms with E-state index < -0.39 is 6.10 Å². The molecule has 1 atom stereocenters. The van der Waals surface area contributed by atoms with Gasteiger partial charge >= 0.3 is 0 Å². The number of hydrogen-bond donors (Lipinski definition) is 1. The normalized spacial score (nSPS) is 12.9. The molecule has 1 N–H and O–H groups in total. The molecule has 0 heterocycles. The summed E-state index contributed by atoms with van der Waals surface area (Å²) in [4.78, 5) is 1.92. The third-order valence-electron chi connectivity index (χ3n) is 2.18. The predicted molar refractivity (Wildman–Crippen MR) is 66.1 cm³/mol. The monoisotopic (exact) mass is 243 g/mol. The Bertz CT molecular complexity index is 342. The summed E-state index contributed by atoms with van der Waals surface area (Å²) >= 11 is 6.04. The molecule has 0 aromatic heterocycles. The van der Waals surface area contributed by atoms with Gasteiger partial charge in [0.25, 0.3) is 0 Å². The van der Waals surface area contributed by atoms with Crippen LogP contribution in [0, 0.1) is 0 Å². The standard InChI is InChI=1S/C12H18ClNO2/c1-4-16-12-9(6-5-7-10(12)13)11(15)8-14(2)3/h5-7,11,15H,4,8H2,1-3H3. The van der Waals surface area contributed by atoms with Gasteiger partial charge in [-0.15, -0.1) is 0 Å². The van der Waals surface area contributed by atoms with E-state index in [1.54, 1.807) is 6.07 Å². The summed E-state index contributed by atoms with van der Waals surface area (Å²) in [6.45, 7) is 2.97. The van der Waals surface area contributed by atoms with Crippen molar-refractivity contribution in [3.05, 3.63) is 28.8 Å². The maximum absolute atomic E-state index is 10.0. The van der Waals surface area contributed by atoms with E-state index in [1.807, 2.05) is 38.1 Å². The van der Waals surface area contributed by atoms with Gasteiger partial charge in [-0.1, -0.05) is 23.7 Å². The predicted octanol–water partition coefficient (Wildman–Crippen LogP) is 2.33. The fourth-order valence-electron chi connectivity index (χ4n) is 1.53. The molecule has 0 bridgehead atoms.